The zero-order chi connectivity index (χ0) is 17.0. The van der Waals surface area contributed by atoms with E-state index in [9.17, 15) is 24.8 Å². The Morgan fingerprint density at radius 2 is 1.91 bits per heavy atom. The fourth-order valence-corrected chi connectivity index (χ4v) is 2.40. The molecule has 1 amide bonds. The van der Waals surface area contributed by atoms with Crippen LogP contribution in [0, 0.1) is 10.1 Å². The standard InChI is InChI=1S/C14H17N3O6/c18-12(16-7-5-14(21,6-8-16)13(19)20)9-15-10-3-1-2-4-11(10)17(22)23/h1-4,15,21H,5-9H2,(H,19,20). The number of likely N-dealkylation sites (tertiary alicyclic amines) is 1. The van der Waals surface area contributed by atoms with Gasteiger partial charge in [0.05, 0.1) is 11.5 Å². The molecule has 23 heavy (non-hydrogen) atoms. The minimum absolute atomic E-state index is 0.0421. The summed E-state index contributed by atoms with van der Waals surface area (Å²) in [6.45, 7) is 0.108. The Morgan fingerprint density at radius 1 is 1.30 bits per heavy atom. The number of benzene rings is 1. The molecule has 0 aliphatic carbocycles. The van der Waals surface area contributed by atoms with Crippen molar-refractivity contribution in [1.82, 2.24) is 4.90 Å². The molecule has 0 saturated carbocycles. The van der Waals surface area contributed by atoms with E-state index in [1.54, 1.807) is 6.07 Å². The first-order chi connectivity index (χ1) is 10.8. The number of nitrogens with one attached hydrogen (secondary N) is 1. The number of hydrogen-bond acceptors (Lipinski definition) is 6. The molecular weight excluding hydrogens is 306 g/mol. The summed E-state index contributed by atoms with van der Waals surface area (Å²) in [5, 5.41) is 32.4. The molecule has 1 aromatic carbocycles. The van der Waals surface area contributed by atoms with Crippen LogP contribution >= 0.6 is 0 Å². The maximum Gasteiger partial charge on any atom is 0.335 e. The minimum Gasteiger partial charge on any atom is -0.479 e. The van der Waals surface area contributed by atoms with Gasteiger partial charge in [0.1, 0.15) is 5.69 Å². The van der Waals surface area contributed by atoms with E-state index in [1.165, 1.54) is 23.1 Å². The van der Waals surface area contributed by atoms with Crippen molar-refractivity contribution in [1.29, 1.82) is 0 Å². The van der Waals surface area contributed by atoms with Crippen molar-refractivity contribution in [3.8, 4) is 0 Å². The van der Waals surface area contributed by atoms with E-state index in [-0.39, 0.29) is 49.8 Å². The highest BCUT2D eigenvalue weighted by Gasteiger charge is 2.40. The molecule has 0 unspecified atom stereocenters. The van der Waals surface area contributed by atoms with Crippen molar-refractivity contribution in [2.45, 2.75) is 18.4 Å². The number of nitrogens with zero attached hydrogens (tertiary/aromatic N) is 2. The van der Waals surface area contributed by atoms with E-state index in [0.717, 1.165) is 0 Å². The summed E-state index contributed by atoms with van der Waals surface area (Å²) in [6.07, 6.45) is -0.0842. The Morgan fingerprint density at radius 3 is 2.48 bits per heavy atom. The zero-order valence-corrected chi connectivity index (χ0v) is 12.3. The smallest absolute Gasteiger partial charge is 0.335 e. The third kappa shape index (κ3) is 3.75. The number of amides is 1. The minimum atomic E-state index is -1.79. The molecule has 0 spiro atoms. The summed E-state index contributed by atoms with van der Waals surface area (Å²) in [5.41, 5.74) is -1.67. The van der Waals surface area contributed by atoms with Crippen LogP contribution in [-0.2, 0) is 9.59 Å². The predicted octanol–water partition coefficient (Wildman–Crippen LogP) is 0.445. The first-order valence-electron chi connectivity index (χ1n) is 7.04. The number of rotatable bonds is 5. The first-order valence-corrected chi connectivity index (χ1v) is 7.04. The third-order valence-electron chi connectivity index (χ3n) is 3.87. The Bertz CT molecular complexity index is 625. The number of carboxylic acid groups (broad SMARTS) is 1. The number of aliphatic carboxylic acids is 1. The predicted molar refractivity (Wildman–Crippen MR) is 80.0 cm³/mol. The maximum absolute atomic E-state index is 12.1. The normalized spacial score (nSPS) is 16.7. The maximum atomic E-state index is 12.1. The Kier molecular flexibility index (Phi) is 4.80. The Balaban J connectivity index is 1.92. The van der Waals surface area contributed by atoms with Crippen LogP contribution in [0.1, 0.15) is 12.8 Å². The molecule has 0 aromatic heterocycles. The molecule has 1 fully saturated rings. The summed E-state index contributed by atoms with van der Waals surface area (Å²) in [5.74, 6) is -1.60. The number of anilines is 1. The number of aliphatic hydroxyl groups is 1. The molecule has 1 heterocycles. The van der Waals surface area contributed by atoms with Crippen molar-refractivity contribution in [2.24, 2.45) is 0 Å². The lowest BCUT2D eigenvalue weighted by atomic mass is 9.91. The molecule has 9 heteroatoms. The first kappa shape index (κ1) is 16.7. The molecular formula is C14H17N3O6. The van der Waals surface area contributed by atoms with Gasteiger partial charge in [0.25, 0.3) is 5.69 Å². The van der Waals surface area contributed by atoms with Gasteiger partial charge in [0, 0.05) is 32.0 Å². The van der Waals surface area contributed by atoms with Crippen LogP contribution in [0.5, 0.6) is 0 Å². The van der Waals surface area contributed by atoms with Crippen LogP contribution in [0.25, 0.3) is 0 Å². The molecule has 0 radical (unpaired) electrons. The number of para-hydroxylation sites is 2. The zero-order valence-electron chi connectivity index (χ0n) is 12.3. The number of piperidine rings is 1. The largest absolute Gasteiger partial charge is 0.479 e. The van der Waals surface area contributed by atoms with Gasteiger partial charge in [-0.15, -0.1) is 0 Å². The molecule has 1 aliphatic rings. The van der Waals surface area contributed by atoms with Crippen LogP contribution in [-0.4, -0.2) is 57.1 Å². The molecule has 1 aromatic rings. The van der Waals surface area contributed by atoms with Gasteiger partial charge in [-0.3, -0.25) is 14.9 Å². The van der Waals surface area contributed by atoms with Crippen LogP contribution in [0.3, 0.4) is 0 Å². The topological polar surface area (TPSA) is 133 Å². The fraction of sp³-hybridized carbons (Fsp3) is 0.429. The van der Waals surface area contributed by atoms with Crippen molar-refractivity contribution in [3.05, 3.63) is 34.4 Å². The molecule has 1 saturated heterocycles. The van der Waals surface area contributed by atoms with Gasteiger partial charge in [-0.1, -0.05) is 12.1 Å². The second-order valence-electron chi connectivity index (χ2n) is 5.35. The number of carboxylic acids is 1. The lowest BCUT2D eigenvalue weighted by Crippen LogP contribution is -2.51. The van der Waals surface area contributed by atoms with Crippen molar-refractivity contribution >= 4 is 23.3 Å². The third-order valence-corrected chi connectivity index (χ3v) is 3.87. The lowest BCUT2D eigenvalue weighted by Gasteiger charge is -2.35. The molecule has 124 valence electrons. The van der Waals surface area contributed by atoms with E-state index in [0.29, 0.717) is 0 Å². The van der Waals surface area contributed by atoms with Gasteiger partial charge in [0.15, 0.2) is 5.60 Å². The van der Waals surface area contributed by atoms with Crippen LogP contribution in [0.15, 0.2) is 24.3 Å². The number of nitro benzene ring substituents is 1. The van der Waals surface area contributed by atoms with Crippen molar-refractivity contribution in [2.75, 3.05) is 25.0 Å². The second kappa shape index (κ2) is 6.61. The second-order valence-corrected chi connectivity index (χ2v) is 5.35. The van der Waals surface area contributed by atoms with Gasteiger partial charge >= 0.3 is 5.97 Å². The molecule has 0 bridgehead atoms. The van der Waals surface area contributed by atoms with Gasteiger partial charge in [-0.05, 0) is 6.07 Å². The monoisotopic (exact) mass is 323 g/mol. The summed E-state index contributed by atoms with van der Waals surface area (Å²) in [6, 6.07) is 5.99. The van der Waals surface area contributed by atoms with E-state index >= 15 is 0 Å². The van der Waals surface area contributed by atoms with Crippen molar-refractivity contribution in [3.63, 3.8) is 0 Å². The highest BCUT2D eigenvalue weighted by molar-refractivity contribution is 5.83. The van der Waals surface area contributed by atoms with Crippen LogP contribution in [0.4, 0.5) is 11.4 Å². The van der Waals surface area contributed by atoms with E-state index in [2.05, 4.69) is 5.32 Å². The van der Waals surface area contributed by atoms with Gasteiger partial charge in [-0.25, -0.2) is 4.79 Å². The molecule has 0 atom stereocenters. The average molecular weight is 323 g/mol. The number of carbonyl (C=O) groups is 2. The lowest BCUT2D eigenvalue weighted by molar-refractivity contribution is -0.383. The van der Waals surface area contributed by atoms with Gasteiger partial charge in [-0.2, -0.15) is 0 Å². The summed E-state index contributed by atoms with van der Waals surface area (Å²) < 4.78 is 0. The molecule has 3 N–H and O–H groups in total. The SMILES string of the molecule is O=C(CNc1ccccc1[N+](=O)[O-])N1CCC(O)(C(=O)O)CC1. The summed E-state index contributed by atoms with van der Waals surface area (Å²) >= 11 is 0. The van der Waals surface area contributed by atoms with Crippen LogP contribution < -0.4 is 5.32 Å². The van der Waals surface area contributed by atoms with E-state index in [1.807, 2.05) is 0 Å². The average Bonchev–Trinajstić information content (AvgIpc) is 2.53. The molecule has 1 aliphatic heterocycles. The number of hydrogen-bond donors (Lipinski definition) is 3. The fourth-order valence-electron chi connectivity index (χ4n) is 2.40. The molecule has 9 nitrogen and oxygen atoms in total. The summed E-state index contributed by atoms with van der Waals surface area (Å²) in [7, 11) is 0. The van der Waals surface area contributed by atoms with Crippen LogP contribution in [0.2, 0.25) is 0 Å². The quantitative estimate of drug-likeness (QED) is 0.529. The van der Waals surface area contributed by atoms with E-state index in [4.69, 9.17) is 5.11 Å². The van der Waals surface area contributed by atoms with Gasteiger partial charge < -0.3 is 20.4 Å². The number of nitro groups is 1. The highest BCUT2D eigenvalue weighted by atomic mass is 16.6. The highest BCUT2D eigenvalue weighted by Crippen LogP contribution is 2.24. The van der Waals surface area contributed by atoms with E-state index < -0.39 is 16.5 Å². The van der Waals surface area contributed by atoms with Gasteiger partial charge in [0.2, 0.25) is 5.91 Å². The molecule has 2 rings (SSSR count). The summed E-state index contributed by atoms with van der Waals surface area (Å²) in [4.78, 5) is 34.8. The van der Waals surface area contributed by atoms with Crippen molar-refractivity contribution < 1.29 is 24.7 Å². The Hall–Kier alpha value is -2.68. The Labute approximate surface area is 131 Å². The number of carbonyl (C=O) groups excluding carboxylic acids is 1.